The largest absolute Gasteiger partial charge is 0.416 e. The van der Waals surface area contributed by atoms with Gasteiger partial charge in [0.25, 0.3) is 5.91 Å². The minimum atomic E-state index is -0.0356. The quantitative estimate of drug-likeness (QED) is 0.487. The molecule has 0 spiro atoms. The molecule has 144 valence electrons. The third kappa shape index (κ3) is 4.09. The van der Waals surface area contributed by atoms with E-state index >= 15 is 0 Å². The molecule has 1 aromatic heterocycles. The number of hydrogen-bond acceptors (Lipinski definition) is 4. The standard InChI is InChI=1S/C24H21N3O2/c1-17-8-6-7-11-21(17)23-26-25-22(29-23)19-12-14-20(15-13-19)24(28)27(2)16-18-9-4-3-5-10-18/h3-15H,16H2,1-2H3. The molecule has 0 aliphatic heterocycles. The third-order valence-corrected chi connectivity index (χ3v) is 4.79. The Balaban J connectivity index is 1.49. The molecule has 0 radical (unpaired) electrons. The lowest BCUT2D eigenvalue weighted by molar-refractivity contribution is 0.0785. The van der Waals surface area contributed by atoms with Crippen molar-refractivity contribution in [1.29, 1.82) is 0 Å². The van der Waals surface area contributed by atoms with Crippen molar-refractivity contribution in [2.75, 3.05) is 7.05 Å². The van der Waals surface area contributed by atoms with Crippen molar-refractivity contribution in [2.24, 2.45) is 0 Å². The van der Waals surface area contributed by atoms with Crippen LogP contribution in [0.5, 0.6) is 0 Å². The highest BCUT2D eigenvalue weighted by Gasteiger charge is 2.15. The van der Waals surface area contributed by atoms with Crippen molar-refractivity contribution in [2.45, 2.75) is 13.5 Å². The van der Waals surface area contributed by atoms with Gasteiger partial charge in [-0.15, -0.1) is 10.2 Å². The fraction of sp³-hybridized carbons (Fsp3) is 0.125. The van der Waals surface area contributed by atoms with Gasteiger partial charge in [-0.05, 0) is 48.4 Å². The Morgan fingerprint density at radius 2 is 1.52 bits per heavy atom. The first-order valence-corrected chi connectivity index (χ1v) is 9.41. The number of nitrogens with zero attached hydrogens (tertiary/aromatic N) is 3. The van der Waals surface area contributed by atoms with Crippen LogP contribution < -0.4 is 0 Å². The monoisotopic (exact) mass is 383 g/mol. The average Bonchev–Trinajstić information content (AvgIpc) is 3.24. The van der Waals surface area contributed by atoms with Gasteiger partial charge < -0.3 is 9.32 Å². The van der Waals surface area contributed by atoms with E-state index in [0.717, 1.165) is 22.3 Å². The summed E-state index contributed by atoms with van der Waals surface area (Å²) in [4.78, 5) is 14.4. The fourth-order valence-electron chi connectivity index (χ4n) is 3.17. The molecule has 29 heavy (non-hydrogen) atoms. The highest BCUT2D eigenvalue weighted by Crippen LogP contribution is 2.26. The van der Waals surface area contributed by atoms with Crippen molar-refractivity contribution in [1.82, 2.24) is 15.1 Å². The van der Waals surface area contributed by atoms with E-state index in [4.69, 9.17) is 4.42 Å². The smallest absolute Gasteiger partial charge is 0.253 e. The first kappa shape index (κ1) is 18.6. The molecule has 5 nitrogen and oxygen atoms in total. The Hall–Kier alpha value is -3.73. The second kappa shape index (κ2) is 8.10. The molecule has 0 saturated carbocycles. The topological polar surface area (TPSA) is 59.2 Å². The highest BCUT2D eigenvalue weighted by atomic mass is 16.4. The lowest BCUT2D eigenvalue weighted by Gasteiger charge is -2.17. The molecule has 0 aliphatic rings. The summed E-state index contributed by atoms with van der Waals surface area (Å²) in [6.07, 6.45) is 0. The van der Waals surface area contributed by atoms with E-state index < -0.39 is 0 Å². The van der Waals surface area contributed by atoms with Gasteiger partial charge in [0, 0.05) is 30.3 Å². The van der Waals surface area contributed by atoms with Crippen LogP contribution in [0, 0.1) is 6.92 Å². The molecule has 4 aromatic rings. The van der Waals surface area contributed by atoms with Crippen molar-refractivity contribution in [3.05, 3.63) is 95.6 Å². The first-order chi connectivity index (χ1) is 14.1. The zero-order chi connectivity index (χ0) is 20.2. The highest BCUT2D eigenvalue weighted by molar-refractivity contribution is 5.94. The number of aryl methyl sites for hydroxylation is 1. The summed E-state index contributed by atoms with van der Waals surface area (Å²) < 4.78 is 5.85. The van der Waals surface area contributed by atoms with E-state index in [9.17, 15) is 4.79 Å². The normalized spacial score (nSPS) is 10.7. The van der Waals surface area contributed by atoms with Crippen LogP contribution in [-0.4, -0.2) is 28.1 Å². The second-order valence-electron chi connectivity index (χ2n) is 6.95. The number of rotatable bonds is 5. The zero-order valence-corrected chi connectivity index (χ0v) is 16.4. The Labute approximate surface area is 169 Å². The Morgan fingerprint density at radius 3 is 2.24 bits per heavy atom. The number of carbonyl (C=O) groups is 1. The van der Waals surface area contributed by atoms with E-state index in [1.807, 2.05) is 73.7 Å². The maximum absolute atomic E-state index is 12.7. The van der Waals surface area contributed by atoms with Gasteiger partial charge in [-0.25, -0.2) is 0 Å². The van der Waals surface area contributed by atoms with E-state index in [-0.39, 0.29) is 5.91 Å². The molecule has 3 aromatic carbocycles. The molecular formula is C24H21N3O2. The summed E-state index contributed by atoms with van der Waals surface area (Å²) in [5, 5.41) is 8.32. The van der Waals surface area contributed by atoms with Gasteiger partial charge in [-0.1, -0.05) is 48.5 Å². The van der Waals surface area contributed by atoms with Crippen LogP contribution in [0.15, 0.2) is 83.3 Å². The van der Waals surface area contributed by atoms with Crippen LogP contribution in [0.4, 0.5) is 0 Å². The number of benzene rings is 3. The molecule has 0 N–H and O–H groups in total. The summed E-state index contributed by atoms with van der Waals surface area (Å²) in [6, 6.07) is 25.0. The van der Waals surface area contributed by atoms with Crippen LogP contribution in [0.25, 0.3) is 22.9 Å². The number of hydrogen-bond donors (Lipinski definition) is 0. The van der Waals surface area contributed by atoms with Crippen molar-refractivity contribution in [3.8, 4) is 22.9 Å². The molecule has 4 rings (SSSR count). The Bertz CT molecular complexity index is 1120. The van der Waals surface area contributed by atoms with Crippen LogP contribution in [-0.2, 0) is 6.54 Å². The maximum atomic E-state index is 12.7. The minimum Gasteiger partial charge on any atom is -0.416 e. The van der Waals surface area contributed by atoms with Gasteiger partial charge in [-0.3, -0.25) is 4.79 Å². The fourth-order valence-corrected chi connectivity index (χ4v) is 3.17. The van der Waals surface area contributed by atoms with E-state index in [2.05, 4.69) is 10.2 Å². The van der Waals surface area contributed by atoms with Gasteiger partial charge >= 0.3 is 0 Å². The predicted molar refractivity (Wildman–Crippen MR) is 112 cm³/mol. The number of aromatic nitrogens is 2. The molecule has 1 heterocycles. The maximum Gasteiger partial charge on any atom is 0.253 e. The van der Waals surface area contributed by atoms with Crippen LogP contribution in [0.2, 0.25) is 0 Å². The average molecular weight is 383 g/mol. The molecule has 0 aliphatic carbocycles. The van der Waals surface area contributed by atoms with E-state index in [1.54, 1.807) is 24.1 Å². The molecular weight excluding hydrogens is 362 g/mol. The second-order valence-corrected chi connectivity index (χ2v) is 6.95. The molecule has 0 unspecified atom stereocenters. The molecule has 1 amide bonds. The molecule has 0 fully saturated rings. The molecule has 0 bridgehead atoms. The van der Waals surface area contributed by atoms with Crippen LogP contribution in [0.1, 0.15) is 21.5 Å². The predicted octanol–water partition coefficient (Wildman–Crippen LogP) is 4.98. The van der Waals surface area contributed by atoms with Gasteiger partial charge in [0.1, 0.15) is 0 Å². The van der Waals surface area contributed by atoms with E-state index in [1.165, 1.54) is 0 Å². The number of amides is 1. The van der Waals surface area contributed by atoms with Gasteiger partial charge in [0.05, 0.1) is 0 Å². The molecule has 5 heteroatoms. The zero-order valence-electron chi connectivity index (χ0n) is 16.4. The summed E-state index contributed by atoms with van der Waals surface area (Å²) in [6.45, 7) is 2.57. The molecule has 0 atom stereocenters. The minimum absolute atomic E-state index is 0.0356. The Morgan fingerprint density at radius 1 is 0.862 bits per heavy atom. The van der Waals surface area contributed by atoms with Gasteiger partial charge in [0.15, 0.2) is 0 Å². The SMILES string of the molecule is Cc1ccccc1-c1nnc(-c2ccc(C(=O)N(C)Cc3ccccc3)cc2)o1. The van der Waals surface area contributed by atoms with Crippen LogP contribution >= 0.6 is 0 Å². The summed E-state index contributed by atoms with van der Waals surface area (Å²) in [5.74, 6) is 0.882. The third-order valence-electron chi connectivity index (χ3n) is 4.79. The lowest BCUT2D eigenvalue weighted by Crippen LogP contribution is -2.26. The summed E-state index contributed by atoms with van der Waals surface area (Å²) >= 11 is 0. The summed E-state index contributed by atoms with van der Waals surface area (Å²) in [5.41, 5.74) is 4.48. The summed E-state index contributed by atoms with van der Waals surface area (Å²) in [7, 11) is 1.80. The lowest BCUT2D eigenvalue weighted by atomic mass is 10.1. The first-order valence-electron chi connectivity index (χ1n) is 9.41. The van der Waals surface area contributed by atoms with Gasteiger partial charge in [0.2, 0.25) is 11.8 Å². The Kier molecular flexibility index (Phi) is 5.20. The van der Waals surface area contributed by atoms with Crippen molar-refractivity contribution >= 4 is 5.91 Å². The van der Waals surface area contributed by atoms with Crippen LogP contribution in [0.3, 0.4) is 0 Å². The van der Waals surface area contributed by atoms with Crippen molar-refractivity contribution < 1.29 is 9.21 Å². The molecule has 0 saturated heterocycles. The van der Waals surface area contributed by atoms with Gasteiger partial charge in [-0.2, -0.15) is 0 Å². The van der Waals surface area contributed by atoms with Crippen molar-refractivity contribution in [3.63, 3.8) is 0 Å². The number of carbonyl (C=O) groups excluding carboxylic acids is 1. The van der Waals surface area contributed by atoms with E-state index in [0.29, 0.717) is 23.9 Å².